The summed E-state index contributed by atoms with van der Waals surface area (Å²) in [6.45, 7) is 0.0871. The van der Waals surface area contributed by atoms with Gasteiger partial charge in [-0.1, -0.05) is 18.2 Å². The van der Waals surface area contributed by atoms with Crippen LogP contribution in [0, 0.1) is 9.39 Å². The van der Waals surface area contributed by atoms with Crippen molar-refractivity contribution in [2.24, 2.45) is 5.84 Å². The maximum absolute atomic E-state index is 13.7. The number of carbonyl (C=O) groups excluding carboxylic acids is 1. The second-order valence-electron chi connectivity index (χ2n) is 4.76. The molecule has 2 rings (SSSR count). The second-order valence-corrected chi connectivity index (χ2v) is 5.92. The molecule has 0 fully saturated rings. The maximum atomic E-state index is 13.7. The first-order valence-electron chi connectivity index (χ1n) is 6.97. The zero-order valence-corrected chi connectivity index (χ0v) is 15.0. The van der Waals surface area contributed by atoms with Gasteiger partial charge in [-0.25, -0.2) is 10.2 Å². The van der Waals surface area contributed by atoms with E-state index < -0.39 is 5.91 Å². The number of carbonyl (C=O) groups is 1. The van der Waals surface area contributed by atoms with Crippen LogP contribution in [0.15, 0.2) is 42.5 Å². The van der Waals surface area contributed by atoms with Gasteiger partial charge in [0.2, 0.25) is 0 Å². The van der Waals surface area contributed by atoms with Crippen LogP contribution in [-0.4, -0.2) is 13.0 Å². The first-order chi connectivity index (χ1) is 11.5. The fourth-order valence-corrected chi connectivity index (χ4v) is 2.74. The molecule has 3 N–H and O–H groups in total. The maximum Gasteiger partial charge on any atom is 0.257 e. The van der Waals surface area contributed by atoms with E-state index in [1.807, 2.05) is 11.5 Å². The molecule has 0 aromatic heterocycles. The quantitative estimate of drug-likeness (QED) is 0.237. The van der Waals surface area contributed by atoms with Crippen LogP contribution in [0.5, 0.6) is 11.5 Å². The van der Waals surface area contributed by atoms with Gasteiger partial charge >= 0.3 is 0 Å². The summed E-state index contributed by atoms with van der Waals surface area (Å²) in [6.07, 6.45) is 2.91. The molecule has 0 bridgehead atoms. The smallest absolute Gasteiger partial charge is 0.257 e. The van der Waals surface area contributed by atoms with E-state index in [-0.39, 0.29) is 12.4 Å². The van der Waals surface area contributed by atoms with Crippen LogP contribution >= 0.6 is 22.6 Å². The summed E-state index contributed by atoms with van der Waals surface area (Å²) in [5.74, 6) is 5.30. The molecule has 2 aromatic carbocycles. The molecule has 0 saturated carbocycles. The zero-order chi connectivity index (χ0) is 17.5. The van der Waals surface area contributed by atoms with Crippen LogP contribution in [-0.2, 0) is 11.4 Å². The van der Waals surface area contributed by atoms with Crippen molar-refractivity contribution in [2.45, 2.75) is 6.61 Å². The van der Waals surface area contributed by atoms with Crippen molar-refractivity contribution in [3.63, 3.8) is 0 Å². The number of hydrazine groups is 1. The van der Waals surface area contributed by atoms with E-state index in [1.165, 1.54) is 19.3 Å². The Morgan fingerprint density at radius 2 is 2.12 bits per heavy atom. The SMILES string of the molecule is COc1cc(/C=C/C(=O)NN)cc(I)c1OCc1ccccc1F. The minimum absolute atomic E-state index is 0.0871. The Morgan fingerprint density at radius 1 is 1.38 bits per heavy atom. The van der Waals surface area contributed by atoms with E-state index in [2.05, 4.69) is 22.6 Å². The van der Waals surface area contributed by atoms with E-state index in [9.17, 15) is 9.18 Å². The molecule has 126 valence electrons. The predicted molar refractivity (Wildman–Crippen MR) is 97.8 cm³/mol. The molecule has 0 aliphatic heterocycles. The molecule has 0 aliphatic rings. The van der Waals surface area contributed by atoms with Crippen molar-refractivity contribution >= 4 is 34.6 Å². The van der Waals surface area contributed by atoms with Gasteiger partial charge in [-0.05, 0) is 52.4 Å². The molecule has 1 amide bonds. The Bertz CT molecular complexity index is 765. The summed E-state index contributed by atoms with van der Waals surface area (Å²) in [6, 6.07) is 9.97. The average Bonchev–Trinajstić information content (AvgIpc) is 2.59. The van der Waals surface area contributed by atoms with Crippen LogP contribution in [0.25, 0.3) is 6.08 Å². The monoisotopic (exact) mass is 442 g/mol. The van der Waals surface area contributed by atoms with E-state index in [0.29, 0.717) is 17.1 Å². The van der Waals surface area contributed by atoms with Crippen molar-refractivity contribution in [1.29, 1.82) is 0 Å². The molecule has 0 atom stereocenters. The van der Waals surface area contributed by atoms with Gasteiger partial charge in [0.15, 0.2) is 11.5 Å². The molecule has 5 nitrogen and oxygen atoms in total. The van der Waals surface area contributed by atoms with Gasteiger partial charge < -0.3 is 9.47 Å². The number of ether oxygens (including phenoxy) is 2. The third kappa shape index (κ3) is 4.68. The third-order valence-electron chi connectivity index (χ3n) is 3.15. The van der Waals surface area contributed by atoms with Crippen molar-refractivity contribution in [2.75, 3.05) is 7.11 Å². The first kappa shape index (κ1) is 18.2. The van der Waals surface area contributed by atoms with Gasteiger partial charge in [0.05, 0.1) is 10.7 Å². The Balaban J connectivity index is 2.22. The van der Waals surface area contributed by atoms with Gasteiger partial charge in [-0.2, -0.15) is 0 Å². The number of benzene rings is 2. The topological polar surface area (TPSA) is 73.6 Å². The van der Waals surface area contributed by atoms with Gasteiger partial charge in [-0.15, -0.1) is 0 Å². The van der Waals surface area contributed by atoms with Gasteiger partial charge in [0.25, 0.3) is 5.91 Å². The molecule has 24 heavy (non-hydrogen) atoms. The van der Waals surface area contributed by atoms with Crippen molar-refractivity contribution < 1.29 is 18.7 Å². The molecule has 0 spiro atoms. The summed E-state index contributed by atoms with van der Waals surface area (Å²) in [5, 5.41) is 0. The molecule has 0 radical (unpaired) electrons. The molecule has 0 heterocycles. The van der Waals surface area contributed by atoms with Crippen LogP contribution in [0.2, 0.25) is 0 Å². The summed E-state index contributed by atoms with van der Waals surface area (Å²) < 4.78 is 25.5. The zero-order valence-electron chi connectivity index (χ0n) is 12.9. The summed E-state index contributed by atoms with van der Waals surface area (Å²) >= 11 is 2.09. The molecule has 0 saturated heterocycles. The standard InChI is InChI=1S/C17H16FIN2O3/c1-23-15-9-11(6-7-16(22)21-20)8-14(19)17(15)24-10-12-4-2-3-5-13(12)18/h2-9H,10,20H2,1H3,(H,21,22)/b7-6+. The lowest BCUT2D eigenvalue weighted by Gasteiger charge is -2.14. The summed E-state index contributed by atoms with van der Waals surface area (Å²) in [7, 11) is 1.52. The van der Waals surface area contributed by atoms with Gasteiger partial charge in [0, 0.05) is 11.6 Å². The second kappa shape index (κ2) is 8.65. The number of hydrogen-bond donors (Lipinski definition) is 2. The minimum atomic E-state index is -0.413. The van der Waals surface area contributed by atoms with Crippen LogP contribution in [0.4, 0.5) is 4.39 Å². The number of nitrogens with one attached hydrogen (secondary N) is 1. The largest absolute Gasteiger partial charge is 0.493 e. The molecular weight excluding hydrogens is 426 g/mol. The Hall–Kier alpha value is -2.13. The molecular formula is C17H16FIN2O3. The number of rotatable bonds is 6. The summed E-state index contributed by atoms with van der Waals surface area (Å²) in [5.41, 5.74) is 3.22. The van der Waals surface area contributed by atoms with Crippen LogP contribution in [0.1, 0.15) is 11.1 Å². The van der Waals surface area contributed by atoms with Gasteiger partial charge in [0.1, 0.15) is 12.4 Å². The highest BCUT2D eigenvalue weighted by Crippen LogP contribution is 2.35. The number of amides is 1. The van der Waals surface area contributed by atoms with Crippen molar-refractivity contribution in [1.82, 2.24) is 5.43 Å². The van der Waals surface area contributed by atoms with E-state index in [4.69, 9.17) is 15.3 Å². The van der Waals surface area contributed by atoms with E-state index in [0.717, 1.165) is 9.13 Å². The number of methoxy groups -OCH3 is 1. The number of nitrogens with two attached hydrogens (primary N) is 1. The molecule has 2 aromatic rings. The summed E-state index contributed by atoms with van der Waals surface area (Å²) in [4.78, 5) is 11.2. The highest BCUT2D eigenvalue weighted by atomic mass is 127. The van der Waals surface area contributed by atoms with Gasteiger partial charge in [-0.3, -0.25) is 10.2 Å². The Morgan fingerprint density at radius 3 is 2.79 bits per heavy atom. The predicted octanol–water partition coefficient (Wildman–Crippen LogP) is 3.02. The Kier molecular flexibility index (Phi) is 6.56. The molecule has 0 unspecified atom stereocenters. The van der Waals surface area contributed by atoms with E-state index >= 15 is 0 Å². The molecule has 7 heteroatoms. The average molecular weight is 442 g/mol. The highest BCUT2D eigenvalue weighted by Gasteiger charge is 2.12. The lowest BCUT2D eigenvalue weighted by molar-refractivity contribution is -0.116. The van der Waals surface area contributed by atoms with Crippen LogP contribution in [0.3, 0.4) is 0 Å². The highest BCUT2D eigenvalue weighted by molar-refractivity contribution is 14.1. The fourth-order valence-electron chi connectivity index (χ4n) is 1.96. The number of halogens is 2. The lowest BCUT2D eigenvalue weighted by atomic mass is 10.2. The first-order valence-corrected chi connectivity index (χ1v) is 8.05. The van der Waals surface area contributed by atoms with Crippen molar-refractivity contribution in [3.8, 4) is 11.5 Å². The van der Waals surface area contributed by atoms with Crippen LogP contribution < -0.4 is 20.7 Å². The lowest BCUT2D eigenvalue weighted by Crippen LogP contribution is -2.27. The third-order valence-corrected chi connectivity index (χ3v) is 3.95. The number of hydrogen-bond acceptors (Lipinski definition) is 4. The van der Waals surface area contributed by atoms with E-state index in [1.54, 1.807) is 30.3 Å². The van der Waals surface area contributed by atoms with Crippen molar-refractivity contribution in [3.05, 3.63) is 63.0 Å². The minimum Gasteiger partial charge on any atom is -0.493 e. The fraction of sp³-hybridized carbons (Fsp3) is 0.118. The molecule has 0 aliphatic carbocycles. The normalized spacial score (nSPS) is 10.7. The Labute approximate surface area is 152 Å².